The van der Waals surface area contributed by atoms with Crippen LogP contribution in [0.4, 0.5) is 5.82 Å². The molecule has 2 aromatic heterocycles. The lowest BCUT2D eigenvalue weighted by atomic mass is 10.0. The number of nitrogens with zero attached hydrogens (tertiary/aromatic N) is 4. The van der Waals surface area contributed by atoms with E-state index >= 15 is 0 Å². The van der Waals surface area contributed by atoms with Crippen LogP contribution in [0.2, 0.25) is 0 Å². The summed E-state index contributed by atoms with van der Waals surface area (Å²) in [7, 11) is 5.19. The Hall–Kier alpha value is -3.61. The molecule has 2 heterocycles. The molecule has 0 aliphatic heterocycles. The number of aromatic nitrogens is 4. The summed E-state index contributed by atoms with van der Waals surface area (Å²) in [6, 6.07) is 14.3. The molecule has 0 saturated carbocycles. The van der Waals surface area contributed by atoms with E-state index in [9.17, 15) is 0 Å². The first-order valence-electron chi connectivity index (χ1n) is 9.75. The molecule has 7 heteroatoms. The number of fused-ring (bicyclic) bond motifs is 1. The fourth-order valence-electron chi connectivity index (χ4n) is 3.59. The van der Waals surface area contributed by atoms with Crippen molar-refractivity contribution in [2.75, 3.05) is 19.5 Å². The summed E-state index contributed by atoms with van der Waals surface area (Å²) in [5.74, 6) is 2.74. The highest BCUT2D eigenvalue weighted by atomic mass is 16.5. The number of hydrogen-bond donors (Lipinski definition) is 1. The molecule has 0 aliphatic rings. The van der Waals surface area contributed by atoms with Crippen molar-refractivity contribution in [2.45, 2.75) is 19.9 Å². The van der Waals surface area contributed by atoms with Crippen molar-refractivity contribution in [3.8, 4) is 22.8 Å². The Labute approximate surface area is 175 Å². The van der Waals surface area contributed by atoms with Crippen molar-refractivity contribution in [3.63, 3.8) is 0 Å². The van der Waals surface area contributed by atoms with Gasteiger partial charge in [0.25, 0.3) is 0 Å². The number of hydrogen-bond acceptors (Lipinski definition) is 6. The van der Waals surface area contributed by atoms with Gasteiger partial charge < -0.3 is 14.8 Å². The van der Waals surface area contributed by atoms with Crippen molar-refractivity contribution >= 4 is 16.7 Å². The maximum Gasteiger partial charge on any atom is 0.162 e. The van der Waals surface area contributed by atoms with E-state index in [0.29, 0.717) is 17.3 Å². The lowest BCUT2D eigenvalue weighted by Crippen LogP contribution is -2.10. The first-order valence-corrected chi connectivity index (χ1v) is 9.75. The van der Waals surface area contributed by atoms with Crippen LogP contribution >= 0.6 is 0 Å². The summed E-state index contributed by atoms with van der Waals surface area (Å²) < 4.78 is 12.8. The monoisotopic (exact) mass is 403 g/mol. The maximum atomic E-state index is 5.47. The fourth-order valence-corrected chi connectivity index (χ4v) is 3.59. The van der Waals surface area contributed by atoms with Crippen molar-refractivity contribution in [3.05, 3.63) is 60.0 Å². The van der Waals surface area contributed by atoms with Gasteiger partial charge in [-0.05, 0) is 37.6 Å². The van der Waals surface area contributed by atoms with Gasteiger partial charge in [0.15, 0.2) is 11.5 Å². The van der Waals surface area contributed by atoms with Gasteiger partial charge in [-0.2, -0.15) is 5.10 Å². The molecule has 1 N–H and O–H groups in total. The number of benzene rings is 2. The second kappa shape index (κ2) is 8.02. The van der Waals surface area contributed by atoms with Crippen LogP contribution in [0, 0.1) is 6.92 Å². The van der Waals surface area contributed by atoms with Crippen molar-refractivity contribution < 1.29 is 9.47 Å². The summed E-state index contributed by atoms with van der Waals surface area (Å²) in [4.78, 5) is 9.21. The topological polar surface area (TPSA) is 74.1 Å². The molecule has 4 rings (SSSR count). The summed E-state index contributed by atoms with van der Waals surface area (Å²) in [6.07, 6.45) is 1.81. The molecule has 0 amide bonds. The Morgan fingerprint density at radius 1 is 1.00 bits per heavy atom. The highest BCUT2D eigenvalue weighted by Gasteiger charge is 2.15. The Balaban J connectivity index is 1.71. The molecular formula is C23H25N5O2. The van der Waals surface area contributed by atoms with Crippen LogP contribution in [0.3, 0.4) is 0 Å². The van der Waals surface area contributed by atoms with E-state index < -0.39 is 0 Å². The fraction of sp³-hybridized carbons (Fsp3) is 0.261. The van der Waals surface area contributed by atoms with Crippen molar-refractivity contribution in [1.82, 2.24) is 19.7 Å². The number of aryl methyl sites for hydroxylation is 2. The smallest absolute Gasteiger partial charge is 0.162 e. The molecule has 0 spiro atoms. The van der Waals surface area contributed by atoms with Gasteiger partial charge in [0.05, 0.1) is 25.4 Å². The Morgan fingerprint density at radius 3 is 2.47 bits per heavy atom. The molecule has 30 heavy (non-hydrogen) atoms. The van der Waals surface area contributed by atoms with Crippen LogP contribution in [-0.2, 0) is 7.05 Å². The number of rotatable bonds is 6. The molecule has 2 aromatic carbocycles. The van der Waals surface area contributed by atoms with Crippen LogP contribution in [-0.4, -0.2) is 34.0 Å². The number of methoxy groups -OCH3 is 2. The van der Waals surface area contributed by atoms with E-state index in [4.69, 9.17) is 9.47 Å². The summed E-state index contributed by atoms with van der Waals surface area (Å²) in [6.45, 7) is 4.00. The lowest BCUT2D eigenvalue weighted by Gasteiger charge is -2.18. The van der Waals surface area contributed by atoms with Crippen LogP contribution in [0.25, 0.3) is 22.2 Å². The zero-order chi connectivity index (χ0) is 21.3. The van der Waals surface area contributed by atoms with E-state index in [2.05, 4.69) is 51.6 Å². The first-order chi connectivity index (χ1) is 14.5. The minimum Gasteiger partial charge on any atom is -0.493 e. The largest absolute Gasteiger partial charge is 0.493 e. The predicted octanol–water partition coefficient (Wildman–Crippen LogP) is 4.53. The van der Waals surface area contributed by atoms with Crippen LogP contribution < -0.4 is 14.8 Å². The standard InChI is InChI=1S/C23H25N5O2/c1-14(16-7-6-8-17(11-16)20-9-10-24-28(20)3)25-23-18-12-21(29-4)22(30-5)13-19(18)26-15(2)27-23/h6-14H,1-5H3,(H,25,26,27)/t14-/m1/s1. The van der Waals surface area contributed by atoms with E-state index in [1.807, 2.05) is 36.9 Å². The third kappa shape index (κ3) is 3.66. The van der Waals surface area contributed by atoms with Crippen LogP contribution in [0.15, 0.2) is 48.7 Å². The molecular weight excluding hydrogens is 378 g/mol. The normalized spacial score (nSPS) is 12.0. The minimum absolute atomic E-state index is 0.0313. The zero-order valence-electron chi connectivity index (χ0n) is 17.8. The Morgan fingerprint density at radius 2 is 1.77 bits per heavy atom. The van der Waals surface area contributed by atoms with Gasteiger partial charge in [0.1, 0.15) is 11.6 Å². The van der Waals surface area contributed by atoms with Gasteiger partial charge >= 0.3 is 0 Å². The van der Waals surface area contributed by atoms with Crippen molar-refractivity contribution in [2.24, 2.45) is 7.05 Å². The van der Waals surface area contributed by atoms with E-state index in [0.717, 1.165) is 33.5 Å². The predicted molar refractivity (Wildman–Crippen MR) is 118 cm³/mol. The van der Waals surface area contributed by atoms with Gasteiger partial charge in [-0.25, -0.2) is 9.97 Å². The van der Waals surface area contributed by atoms with Crippen LogP contribution in [0.1, 0.15) is 24.4 Å². The summed E-state index contributed by atoms with van der Waals surface area (Å²) >= 11 is 0. The second-order valence-corrected chi connectivity index (χ2v) is 7.18. The van der Waals surface area contributed by atoms with Crippen LogP contribution in [0.5, 0.6) is 11.5 Å². The van der Waals surface area contributed by atoms with E-state index in [-0.39, 0.29) is 6.04 Å². The average Bonchev–Trinajstić information content (AvgIpc) is 3.18. The third-order valence-corrected chi connectivity index (χ3v) is 5.17. The molecule has 4 aromatic rings. The molecule has 0 saturated heterocycles. The number of nitrogens with one attached hydrogen (secondary N) is 1. The highest BCUT2D eigenvalue weighted by molar-refractivity contribution is 5.92. The van der Waals surface area contributed by atoms with E-state index in [1.165, 1.54) is 0 Å². The van der Waals surface area contributed by atoms with Gasteiger partial charge in [-0.1, -0.05) is 18.2 Å². The maximum absolute atomic E-state index is 5.47. The van der Waals surface area contributed by atoms with Gasteiger partial charge in [-0.15, -0.1) is 0 Å². The molecule has 0 unspecified atom stereocenters. The zero-order valence-corrected chi connectivity index (χ0v) is 17.8. The minimum atomic E-state index is 0.0313. The third-order valence-electron chi connectivity index (χ3n) is 5.17. The quantitative estimate of drug-likeness (QED) is 0.510. The first kappa shape index (κ1) is 19.7. The molecule has 7 nitrogen and oxygen atoms in total. The summed E-state index contributed by atoms with van der Waals surface area (Å²) in [5, 5.41) is 8.70. The molecule has 0 bridgehead atoms. The molecule has 1 atom stereocenters. The van der Waals surface area contributed by atoms with Gasteiger partial charge in [0, 0.05) is 36.3 Å². The second-order valence-electron chi connectivity index (χ2n) is 7.18. The average molecular weight is 403 g/mol. The molecule has 0 radical (unpaired) electrons. The number of ether oxygens (including phenoxy) is 2. The Bertz CT molecular complexity index is 1200. The van der Waals surface area contributed by atoms with Gasteiger partial charge in [-0.3, -0.25) is 4.68 Å². The summed E-state index contributed by atoms with van der Waals surface area (Å²) in [5.41, 5.74) is 4.15. The number of anilines is 1. The molecule has 154 valence electrons. The molecule has 0 fully saturated rings. The SMILES string of the molecule is COc1cc2nc(C)nc(N[C@H](C)c3cccc(-c4ccnn4C)c3)c2cc1OC. The Kier molecular flexibility index (Phi) is 5.27. The molecule has 0 aliphatic carbocycles. The van der Waals surface area contributed by atoms with E-state index in [1.54, 1.807) is 20.4 Å². The van der Waals surface area contributed by atoms with Gasteiger partial charge in [0.2, 0.25) is 0 Å². The highest BCUT2D eigenvalue weighted by Crippen LogP contribution is 2.35. The van der Waals surface area contributed by atoms with Crippen molar-refractivity contribution in [1.29, 1.82) is 0 Å². The lowest BCUT2D eigenvalue weighted by molar-refractivity contribution is 0.356.